The number of rotatable bonds is 6. The first-order valence-electron chi connectivity index (χ1n) is 10.8. The highest BCUT2D eigenvalue weighted by Crippen LogP contribution is 2.29. The van der Waals surface area contributed by atoms with Crippen molar-refractivity contribution in [2.24, 2.45) is 5.92 Å². The van der Waals surface area contributed by atoms with Crippen LogP contribution in [0.1, 0.15) is 37.7 Å². The van der Waals surface area contributed by atoms with Gasteiger partial charge in [0.15, 0.2) is 17.2 Å². The zero-order valence-corrected chi connectivity index (χ0v) is 17.0. The van der Waals surface area contributed by atoms with Crippen LogP contribution in [0.25, 0.3) is 0 Å². The topological polar surface area (TPSA) is 47.0 Å². The minimum Gasteiger partial charge on any atom is -0.379 e. The number of carbonyl (C=O) groups is 1. The van der Waals surface area contributed by atoms with Crippen molar-refractivity contribution in [1.29, 1.82) is 0 Å². The first kappa shape index (κ1) is 20.7. The number of amides is 1. The number of hydrogen-bond donors (Lipinski definition) is 1. The number of likely N-dealkylation sites (tertiary alicyclic amines) is 1. The van der Waals surface area contributed by atoms with Crippen LogP contribution in [0.4, 0.5) is 8.78 Å². The van der Waals surface area contributed by atoms with Crippen molar-refractivity contribution in [3.8, 4) is 0 Å². The Morgan fingerprint density at radius 3 is 2.45 bits per heavy atom. The summed E-state index contributed by atoms with van der Waals surface area (Å²) in [7, 11) is 0. The fraction of sp³-hybridized carbons (Fsp3) is 0.682. The normalized spacial score (nSPS) is 27.3. The third-order valence-electron chi connectivity index (χ3n) is 6.79. The molecule has 0 spiro atoms. The number of benzene rings is 1. The SMILES string of the molecule is O=C1N(Cc2cccc(F)c2F)CCCC1(O)CN1CCN(CC2CCC2)CC1. The molecule has 4 rings (SSSR count). The van der Waals surface area contributed by atoms with Gasteiger partial charge in [-0.05, 0) is 37.7 Å². The van der Waals surface area contributed by atoms with E-state index < -0.39 is 17.2 Å². The lowest BCUT2D eigenvalue weighted by Crippen LogP contribution is -2.60. The van der Waals surface area contributed by atoms with Gasteiger partial charge in [0.1, 0.15) is 0 Å². The number of halogens is 2. The fourth-order valence-electron chi connectivity index (χ4n) is 4.78. The van der Waals surface area contributed by atoms with Crippen LogP contribution < -0.4 is 0 Å². The van der Waals surface area contributed by atoms with Crippen LogP contribution in [0.2, 0.25) is 0 Å². The van der Waals surface area contributed by atoms with Crippen LogP contribution in [-0.2, 0) is 11.3 Å². The zero-order valence-electron chi connectivity index (χ0n) is 17.0. The van der Waals surface area contributed by atoms with Crippen molar-refractivity contribution in [3.05, 3.63) is 35.4 Å². The number of hydrogen-bond acceptors (Lipinski definition) is 4. The van der Waals surface area contributed by atoms with Crippen molar-refractivity contribution in [2.45, 2.75) is 44.2 Å². The molecule has 2 heterocycles. The van der Waals surface area contributed by atoms with Gasteiger partial charge in [0.2, 0.25) is 0 Å². The Balaban J connectivity index is 1.33. The molecule has 0 radical (unpaired) electrons. The molecule has 1 amide bonds. The molecule has 1 N–H and O–H groups in total. The summed E-state index contributed by atoms with van der Waals surface area (Å²) in [5, 5.41) is 11.1. The maximum atomic E-state index is 14.0. The van der Waals surface area contributed by atoms with E-state index in [1.165, 1.54) is 42.8 Å². The van der Waals surface area contributed by atoms with Gasteiger partial charge in [-0.25, -0.2) is 8.78 Å². The van der Waals surface area contributed by atoms with Gasteiger partial charge < -0.3 is 14.9 Å². The maximum absolute atomic E-state index is 14.0. The largest absolute Gasteiger partial charge is 0.379 e. The van der Waals surface area contributed by atoms with Crippen LogP contribution in [0.5, 0.6) is 0 Å². The molecular formula is C22H31F2N3O2. The van der Waals surface area contributed by atoms with Crippen LogP contribution in [0, 0.1) is 17.6 Å². The molecule has 1 aromatic rings. The van der Waals surface area contributed by atoms with Gasteiger partial charge in [-0.15, -0.1) is 0 Å². The van der Waals surface area contributed by atoms with E-state index in [9.17, 15) is 18.7 Å². The van der Waals surface area contributed by atoms with Gasteiger partial charge in [-0.2, -0.15) is 0 Å². The van der Waals surface area contributed by atoms with E-state index in [1.807, 2.05) is 0 Å². The lowest BCUT2D eigenvalue weighted by molar-refractivity contribution is -0.160. The first-order valence-corrected chi connectivity index (χ1v) is 10.8. The number of nitrogens with zero attached hydrogens (tertiary/aromatic N) is 3. The van der Waals surface area contributed by atoms with E-state index >= 15 is 0 Å². The summed E-state index contributed by atoms with van der Waals surface area (Å²) >= 11 is 0. The average Bonchev–Trinajstić information content (AvgIpc) is 2.67. The second-order valence-electron chi connectivity index (χ2n) is 8.95. The molecule has 2 aliphatic heterocycles. The summed E-state index contributed by atoms with van der Waals surface area (Å²) in [6.07, 6.45) is 5.11. The van der Waals surface area contributed by atoms with Crippen LogP contribution in [-0.4, -0.2) is 77.1 Å². The van der Waals surface area contributed by atoms with Crippen molar-refractivity contribution in [2.75, 3.05) is 45.8 Å². The van der Waals surface area contributed by atoms with Crippen molar-refractivity contribution >= 4 is 5.91 Å². The molecule has 5 nitrogen and oxygen atoms in total. The number of β-amino-alcohol motifs (C(OH)–C–C–N with tert-alkyl or cyclic N) is 1. The molecule has 2 saturated heterocycles. The lowest BCUT2D eigenvalue weighted by atomic mass is 9.85. The third kappa shape index (κ3) is 4.62. The Bertz CT molecular complexity index is 735. The summed E-state index contributed by atoms with van der Waals surface area (Å²) in [4.78, 5) is 19.1. The van der Waals surface area contributed by atoms with Gasteiger partial charge in [0.25, 0.3) is 5.91 Å². The lowest BCUT2D eigenvalue weighted by Gasteiger charge is -2.43. The highest BCUT2D eigenvalue weighted by atomic mass is 19.2. The summed E-state index contributed by atoms with van der Waals surface area (Å²) in [6, 6.07) is 4.00. The van der Waals surface area contributed by atoms with E-state index in [-0.39, 0.29) is 18.0 Å². The summed E-state index contributed by atoms with van der Waals surface area (Å²) < 4.78 is 27.5. The molecule has 3 fully saturated rings. The molecule has 1 aromatic carbocycles. The average molecular weight is 408 g/mol. The minimum absolute atomic E-state index is 0.0140. The maximum Gasteiger partial charge on any atom is 0.256 e. The van der Waals surface area contributed by atoms with Crippen molar-refractivity contribution in [3.63, 3.8) is 0 Å². The molecule has 3 aliphatic rings. The molecule has 160 valence electrons. The molecule has 1 unspecified atom stereocenters. The predicted octanol–water partition coefficient (Wildman–Crippen LogP) is 2.24. The smallest absolute Gasteiger partial charge is 0.256 e. The molecular weight excluding hydrogens is 376 g/mol. The molecule has 29 heavy (non-hydrogen) atoms. The van der Waals surface area contributed by atoms with E-state index in [0.29, 0.717) is 25.9 Å². The summed E-state index contributed by atoms with van der Waals surface area (Å²) in [5.41, 5.74) is -1.30. The Kier molecular flexibility index (Phi) is 6.18. The quantitative estimate of drug-likeness (QED) is 0.786. The Morgan fingerprint density at radius 1 is 1.03 bits per heavy atom. The molecule has 1 atom stereocenters. The van der Waals surface area contributed by atoms with Crippen molar-refractivity contribution < 1.29 is 18.7 Å². The molecule has 0 aromatic heterocycles. The zero-order chi connectivity index (χ0) is 20.4. The number of carbonyl (C=O) groups excluding carboxylic acids is 1. The fourth-order valence-corrected chi connectivity index (χ4v) is 4.78. The molecule has 1 saturated carbocycles. The second kappa shape index (κ2) is 8.66. The Labute approximate surface area is 171 Å². The second-order valence-corrected chi connectivity index (χ2v) is 8.95. The minimum atomic E-state index is -1.45. The summed E-state index contributed by atoms with van der Waals surface area (Å²) in [5.74, 6) is -1.36. The van der Waals surface area contributed by atoms with Crippen LogP contribution in [0.15, 0.2) is 18.2 Å². The highest BCUT2D eigenvalue weighted by Gasteiger charge is 2.43. The van der Waals surface area contributed by atoms with E-state index in [4.69, 9.17) is 0 Å². The van der Waals surface area contributed by atoms with E-state index in [0.717, 1.165) is 38.2 Å². The summed E-state index contributed by atoms with van der Waals surface area (Å²) in [6.45, 7) is 5.56. The van der Waals surface area contributed by atoms with E-state index in [1.54, 1.807) is 0 Å². The molecule has 0 bridgehead atoms. The standard InChI is InChI=1S/C22H31F2N3O2/c23-19-7-2-6-18(20(19)24)15-27-9-3-8-22(29,21(27)28)16-26-12-10-25(11-13-26)14-17-4-1-5-17/h2,6-7,17,29H,1,3-5,8-16H2. The third-order valence-corrected chi connectivity index (χ3v) is 6.79. The molecule has 1 aliphatic carbocycles. The van der Waals surface area contributed by atoms with Gasteiger partial charge in [0.05, 0.1) is 0 Å². The van der Waals surface area contributed by atoms with Gasteiger partial charge in [-0.1, -0.05) is 18.6 Å². The molecule has 7 heteroatoms. The van der Waals surface area contributed by atoms with Crippen LogP contribution in [0.3, 0.4) is 0 Å². The van der Waals surface area contributed by atoms with Crippen molar-refractivity contribution in [1.82, 2.24) is 14.7 Å². The highest BCUT2D eigenvalue weighted by molar-refractivity contribution is 5.86. The first-order chi connectivity index (χ1) is 13.9. The van der Waals surface area contributed by atoms with Gasteiger partial charge in [0, 0.05) is 57.9 Å². The van der Waals surface area contributed by atoms with Crippen LogP contribution >= 0.6 is 0 Å². The van der Waals surface area contributed by atoms with E-state index in [2.05, 4.69) is 9.80 Å². The van der Waals surface area contributed by atoms with Gasteiger partial charge in [-0.3, -0.25) is 9.69 Å². The number of piperidine rings is 1. The predicted molar refractivity (Wildman–Crippen MR) is 106 cm³/mol. The number of aliphatic hydroxyl groups is 1. The Morgan fingerprint density at radius 2 is 1.76 bits per heavy atom. The van der Waals surface area contributed by atoms with Gasteiger partial charge >= 0.3 is 0 Å². The Hall–Kier alpha value is -1.57. The monoisotopic (exact) mass is 407 g/mol. The number of piperazine rings is 1.